The SMILES string of the molecule is COC(=O)c1ccc(C(=O)Nc2ccccc2CCOc2ccccc2SC)cc1. The highest BCUT2D eigenvalue weighted by molar-refractivity contribution is 7.98. The van der Waals surface area contributed by atoms with Gasteiger partial charge in [0.05, 0.1) is 19.3 Å². The Hall–Kier alpha value is -3.25. The number of methoxy groups -OCH3 is 1. The Kier molecular flexibility index (Phi) is 7.51. The highest BCUT2D eigenvalue weighted by atomic mass is 32.2. The number of benzene rings is 3. The monoisotopic (exact) mass is 421 g/mol. The van der Waals surface area contributed by atoms with Gasteiger partial charge in [0.25, 0.3) is 5.91 Å². The average Bonchev–Trinajstić information content (AvgIpc) is 2.80. The lowest BCUT2D eigenvalue weighted by Gasteiger charge is -2.13. The summed E-state index contributed by atoms with van der Waals surface area (Å²) in [5.74, 6) is 0.181. The first-order chi connectivity index (χ1) is 14.6. The lowest BCUT2D eigenvalue weighted by Crippen LogP contribution is -2.14. The number of ether oxygens (including phenoxy) is 2. The van der Waals surface area contributed by atoms with Gasteiger partial charge in [-0.3, -0.25) is 4.79 Å². The number of anilines is 1. The van der Waals surface area contributed by atoms with Gasteiger partial charge >= 0.3 is 5.97 Å². The molecule has 0 atom stereocenters. The highest BCUT2D eigenvalue weighted by Crippen LogP contribution is 2.27. The molecule has 1 amide bonds. The first-order valence-corrected chi connectivity index (χ1v) is 10.7. The summed E-state index contributed by atoms with van der Waals surface area (Å²) in [6.07, 6.45) is 2.67. The molecule has 0 bridgehead atoms. The molecule has 6 heteroatoms. The van der Waals surface area contributed by atoms with Crippen molar-refractivity contribution < 1.29 is 19.1 Å². The van der Waals surface area contributed by atoms with E-state index < -0.39 is 5.97 Å². The maximum absolute atomic E-state index is 12.6. The molecule has 30 heavy (non-hydrogen) atoms. The largest absolute Gasteiger partial charge is 0.492 e. The first kappa shape index (κ1) is 21.5. The summed E-state index contributed by atoms with van der Waals surface area (Å²) in [6, 6.07) is 21.9. The van der Waals surface area contributed by atoms with Crippen molar-refractivity contribution >= 4 is 29.3 Å². The molecule has 0 aliphatic heterocycles. The minimum Gasteiger partial charge on any atom is -0.492 e. The number of rotatable bonds is 8. The van der Waals surface area contributed by atoms with E-state index in [0.29, 0.717) is 24.2 Å². The zero-order valence-corrected chi connectivity index (χ0v) is 17.7. The summed E-state index contributed by atoms with van der Waals surface area (Å²) < 4.78 is 10.6. The molecule has 154 valence electrons. The molecule has 3 aromatic rings. The van der Waals surface area contributed by atoms with Gasteiger partial charge in [-0.15, -0.1) is 11.8 Å². The fourth-order valence-electron chi connectivity index (χ4n) is 2.94. The Morgan fingerprint density at radius 2 is 1.57 bits per heavy atom. The summed E-state index contributed by atoms with van der Waals surface area (Å²) in [7, 11) is 1.32. The van der Waals surface area contributed by atoms with Gasteiger partial charge in [-0.05, 0) is 54.3 Å². The summed E-state index contributed by atoms with van der Waals surface area (Å²) in [5, 5.41) is 2.95. The van der Waals surface area contributed by atoms with Crippen LogP contribution in [-0.4, -0.2) is 31.8 Å². The second-order valence-electron chi connectivity index (χ2n) is 6.43. The molecular weight excluding hydrogens is 398 g/mol. The van der Waals surface area contributed by atoms with Crippen molar-refractivity contribution in [1.82, 2.24) is 0 Å². The second kappa shape index (κ2) is 10.5. The lowest BCUT2D eigenvalue weighted by atomic mass is 10.1. The van der Waals surface area contributed by atoms with E-state index >= 15 is 0 Å². The number of hydrogen-bond donors (Lipinski definition) is 1. The van der Waals surface area contributed by atoms with E-state index in [0.717, 1.165) is 21.9 Å². The molecule has 0 unspecified atom stereocenters. The number of amides is 1. The smallest absolute Gasteiger partial charge is 0.337 e. The summed E-state index contributed by atoms with van der Waals surface area (Å²) >= 11 is 1.64. The van der Waals surface area contributed by atoms with E-state index in [1.807, 2.05) is 54.8 Å². The molecule has 5 nitrogen and oxygen atoms in total. The van der Waals surface area contributed by atoms with Gasteiger partial charge in [-0.2, -0.15) is 0 Å². The molecule has 0 saturated carbocycles. The number of thioether (sulfide) groups is 1. The van der Waals surface area contributed by atoms with E-state index in [1.165, 1.54) is 7.11 Å². The second-order valence-corrected chi connectivity index (χ2v) is 7.28. The number of hydrogen-bond acceptors (Lipinski definition) is 5. The van der Waals surface area contributed by atoms with E-state index in [2.05, 4.69) is 10.1 Å². The van der Waals surface area contributed by atoms with Crippen LogP contribution in [-0.2, 0) is 11.2 Å². The van der Waals surface area contributed by atoms with Crippen LogP contribution in [0.4, 0.5) is 5.69 Å². The maximum Gasteiger partial charge on any atom is 0.337 e. The summed E-state index contributed by atoms with van der Waals surface area (Å²) in [6.45, 7) is 0.498. The van der Waals surface area contributed by atoms with Crippen LogP contribution in [0.1, 0.15) is 26.3 Å². The third-order valence-electron chi connectivity index (χ3n) is 4.53. The molecule has 3 aromatic carbocycles. The van der Waals surface area contributed by atoms with Crippen LogP contribution in [0.5, 0.6) is 5.75 Å². The van der Waals surface area contributed by atoms with Crippen LogP contribution in [0, 0.1) is 0 Å². The molecule has 1 N–H and O–H groups in total. The van der Waals surface area contributed by atoms with Gasteiger partial charge in [0.2, 0.25) is 0 Å². The normalized spacial score (nSPS) is 10.3. The minimum absolute atomic E-state index is 0.243. The Morgan fingerprint density at radius 3 is 2.30 bits per heavy atom. The topological polar surface area (TPSA) is 64.6 Å². The van der Waals surface area contributed by atoms with Gasteiger partial charge in [0, 0.05) is 22.6 Å². The van der Waals surface area contributed by atoms with Crippen LogP contribution in [0.3, 0.4) is 0 Å². The molecule has 0 radical (unpaired) electrons. The van der Waals surface area contributed by atoms with Crippen LogP contribution >= 0.6 is 11.8 Å². The predicted octanol–water partition coefficient (Wildman–Crippen LogP) is 5.07. The Morgan fingerprint density at radius 1 is 0.900 bits per heavy atom. The van der Waals surface area contributed by atoms with Crippen LogP contribution in [0.2, 0.25) is 0 Å². The van der Waals surface area contributed by atoms with Crippen LogP contribution in [0.15, 0.2) is 77.7 Å². The molecule has 0 heterocycles. The highest BCUT2D eigenvalue weighted by Gasteiger charge is 2.11. The Labute approximate surface area is 180 Å². The maximum atomic E-state index is 12.6. The summed E-state index contributed by atoms with van der Waals surface area (Å²) in [5.41, 5.74) is 2.58. The number of nitrogens with one attached hydrogen (secondary N) is 1. The predicted molar refractivity (Wildman–Crippen MR) is 120 cm³/mol. The van der Waals surface area contributed by atoms with Gasteiger partial charge < -0.3 is 14.8 Å². The number of para-hydroxylation sites is 2. The number of carbonyl (C=O) groups is 2. The summed E-state index contributed by atoms with van der Waals surface area (Å²) in [4.78, 5) is 25.3. The first-order valence-electron chi connectivity index (χ1n) is 9.46. The van der Waals surface area contributed by atoms with Crippen LogP contribution in [0.25, 0.3) is 0 Å². The molecule has 0 spiro atoms. The number of carbonyl (C=O) groups excluding carboxylic acids is 2. The molecule has 0 aliphatic rings. The zero-order valence-electron chi connectivity index (χ0n) is 16.9. The molecule has 3 rings (SSSR count). The van der Waals surface area contributed by atoms with E-state index in [9.17, 15) is 9.59 Å². The lowest BCUT2D eigenvalue weighted by molar-refractivity contribution is 0.0600. The molecule has 0 fully saturated rings. The van der Waals surface area contributed by atoms with Gasteiger partial charge in [0.1, 0.15) is 5.75 Å². The fraction of sp³-hybridized carbons (Fsp3) is 0.167. The van der Waals surface area contributed by atoms with Crippen molar-refractivity contribution in [1.29, 1.82) is 0 Å². The van der Waals surface area contributed by atoms with Crippen LogP contribution < -0.4 is 10.1 Å². The zero-order chi connectivity index (χ0) is 21.3. The third kappa shape index (κ3) is 5.42. The molecular formula is C24H23NO4S. The van der Waals surface area contributed by atoms with Gasteiger partial charge in [-0.1, -0.05) is 30.3 Å². The molecule has 0 aromatic heterocycles. The van der Waals surface area contributed by atoms with E-state index in [-0.39, 0.29) is 5.91 Å². The number of esters is 1. The van der Waals surface area contributed by atoms with Crippen molar-refractivity contribution in [3.63, 3.8) is 0 Å². The van der Waals surface area contributed by atoms with E-state index in [1.54, 1.807) is 36.0 Å². The van der Waals surface area contributed by atoms with Gasteiger partial charge in [0.15, 0.2) is 0 Å². The minimum atomic E-state index is -0.435. The third-order valence-corrected chi connectivity index (χ3v) is 5.31. The van der Waals surface area contributed by atoms with Crippen molar-refractivity contribution in [3.8, 4) is 5.75 Å². The Balaban J connectivity index is 1.64. The van der Waals surface area contributed by atoms with Crippen molar-refractivity contribution in [2.45, 2.75) is 11.3 Å². The average molecular weight is 422 g/mol. The Bertz CT molecular complexity index is 1020. The molecule has 0 saturated heterocycles. The molecule has 0 aliphatic carbocycles. The fourth-order valence-corrected chi connectivity index (χ4v) is 3.48. The van der Waals surface area contributed by atoms with Crippen molar-refractivity contribution in [3.05, 3.63) is 89.5 Å². The quantitative estimate of drug-likeness (QED) is 0.406. The van der Waals surface area contributed by atoms with Crippen molar-refractivity contribution in [2.24, 2.45) is 0 Å². The standard InChI is InChI=1S/C24H23NO4S/c1-28-24(27)19-13-11-18(12-14-19)23(26)25-20-8-4-3-7-17(20)15-16-29-21-9-5-6-10-22(21)30-2/h3-14H,15-16H2,1-2H3,(H,25,26). The van der Waals surface area contributed by atoms with Crippen molar-refractivity contribution in [2.75, 3.05) is 25.3 Å². The van der Waals surface area contributed by atoms with Gasteiger partial charge in [-0.25, -0.2) is 4.79 Å². The van der Waals surface area contributed by atoms with E-state index in [4.69, 9.17) is 4.74 Å².